The topological polar surface area (TPSA) is 0 Å². The van der Waals surface area contributed by atoms with Crippen molar-refractivity contribution in [2.45, 2.75) is 0 Å². The maximum atomic E-state index is 0. The zero-order chi connectivity index (χ0) is 0. The van der Waals surface area contributed by atoms with Gasteiger partial charge in [0, 0.05) is 0 Å². The Kier molecular flexibility index (Phi) is 530. The van der Waals surface area contributed by atoms with E-state index < -0.39 is 0 Å². The van der Waals surface area contributed by atoms with Crippen molar-refractivity contribution in [2.75, 3.05) is 0 Å². The van der Waals surface area contributed by atoms with Gasteiger partial charge in [0.25, 0.3) is 0 Å². The third kappa shape index (κ3) is 63.8. The monoisotopic (exact) mass is 1240 g/mol. The third-order valence-corrected chi connectivity index (χ3v) is 0. The Morgan fingerprint density at radius 2 is 0.273 bits per heavy atom. The van der Waals surface area contributed by atoms with Gasteiger partial charge in [0.1, 0.15) is 0 Å². The maximum absolute atomic E-state index is 0. The van der Waals surface area contributed by atoms with Crippen LogP contribution in [0.15, 0.2) is 0 Å². The van der Waals surface area contributed by atoms with Gasteiger partial charge in [-0.25, -0.2) is 0 Å². The molecule has 11 heavy (non-hydrogen) atoms. The van der Waals surface area contributed by atoms with Crippen molar-refractivity contribution in [1.29, 1.82) is 0 Å². The van der Waals surface area contributed by atoms with Crippen LogP contribution in [0.3, 0.4) is 0 Å². The Morgan fingerprint density at radius 3 is 0.273 bits per heavy atom. The summed E-state index contributed by atoms with van der Waals surface area (Å²) >= 11 is 0. The molecule has 0 bridgehead atoms. The van der Waals surface area contributed by atoms with Gasteiger partial charge in [-0.3, -0.25) is 0 Å². The summed E-state index contributed by atoms with van der Waals surface area (Å²) in [6.45, 7) is 0. The molecule has 0 aliphatic heterocycles. The predicted molar refractivity (Wildman–Crippen MR) is 23.4 cm³/mol. The molecular formula is H21Cl3La8. The van der Waals surface area contributed by atoms with Crippen LogP contribution < -0.4 is 37.2 Å². The van der Waals surface area contributed by atoms with Crippen molar-refractivity contribution in [3.63, 3.8) is 0 Å². The fraction of sp³-hybridized carbons (Fsp3) is 0. The standard InChI is InChI=1S/3ClH.8La.21H/h3*1H;;;;;;;;;;;;;;;;;;;;;;;;;;;;;/q;;;8*+3;21*-1/p-3. The molecule has 0 amide bonds. The van der Waals surface area contributed by atoms with Crippen LogP contribution in [-0.4, -0.2) is 0 Å². The van der Waals surface area contributed by atoms with E-state index in [1.165, 1.54) is 0 Å². The largest absolute Gasteiger partial charge is 3.00 e. The van der Waals surface area contributed by atoms with E-state index in [1.807, 2.05) is 0 Å². The molecule has 0 nitrogen and oxygen atoms in total. The first-order valence-corrected chi connectivity index (χ1v) is 0. The summed E-state index contributed by atoms with van der Waals surface area (Å²) in [6.07, 6.45) is 0. The second-order valence-corrected chi connectivity index (χ2v) is 0. The molecule has 0 aromatic rings. The Bertz CT molecular complexity index is 39.0. The minimum Gasteiger partial charge on any atom is -1.00 e. The fourth-order valence-electron chi connectivity index (χ4n) is 0. The Morgan fingerprint density at radius 1 is 0.273 bits per heavy atom. The second-order valence-electron chi connectivity index (χ2n) is 0. The van der Waals surface area contributed by atoms with E-state index in [0.29, 0.717) is 0 Å². The summed E-state index contributed by atoms with van der Waals surface area (Å²) in [5.74, 6) is 0. The minimum atomic E-state index is 0. The van der Waals surface area contributed by atoms with E-state index in [1.54, 1.807) is 0 Å². The van der Waals surface area contributed by atoms with Gasteiger partial charge in [0.2, 0.25) is 0 Å². The van der Waals surface area contributed by atoms with Gasteiger partial charge in [0.05, 0.1) is 0 Å². The van der Waals surface area contributed by atoms with Crippen LogP contribution in [0, 0.1) is 285 Å². The quantitative estimate of drug-likeness (QED) is 0.227. The molecule has 0 rings (SSSR count). The van der Waals surface area contributed by atoms with E-state index in [9.17, 15) is 0 Å². The Hall–Kier alpha value is 10.4. The first-order valence-electron chi connectivity index (χ1n) is 0. The molecule has 0 aliphatic carbocycles. The maximum Gasteiger partial charge on any atom is 3.00 e. The first-order chi connectivity index (χ1) is 0. The molecule has 0 atom stereocenters. The Balaban J connectivity index is 0. The molecule has 0 unspecified atom stereocenters. The molecule has 0 aromatic carbocycles. The molecule has 0 aromatic heterocycles. The molecule has 0 radical (unpaired) electrons. The molecule has 66 valence electrons. The molecule has 0 N–H and O–H groups in total. The summed E-state index contributed by atoms with van der Waals surface area (Å²) in [5.41, 5.74) is 0. The van der Waals surface area contributed by atoms with Crippen molar-refractivity contribution in [3.8, 4) is 0 Å². The summed E-state index contributed by atoms with van der Waals surface area (Å²) < 4.78 is 0. The molecule has 11 heteroatoms. The zero-order valence-corrected chi connectivity index (χ0v) is 37.0. The van der Waals surface area contributed by atoms with E-state index in [2.05, 4.69) is 0 Å². The van der Waals surface area contributed by atoms with E-state index in [-0.39, 0.29) is 352 Å². The number of hydrogen-bond acceptors (Lipinski definition) is 0. The summed E-state index contributed by atoms with van der Waals surface area (Å²) in [7, 11) is 0. The predicted octanol–water partition coefficient (Wildman–Crippen LogP) is -6.63. The molecule has 0 aliphatic rings. The molecular weight excluding hydrogens is 1220 g/mol. The molecule has 0 saturated heterocycles. The van der Waals surface area contributed by atoms with E-state index in [4.69, 9.17) is 0 Å². The van der Waals surface area contributed by atoms with Gasteiger partial charge in [0.15, 0.2) is 0 Å². The number of hydrogen-bond donors (Lipinski definition) is 0. The SMILES string of the molecule is [Cl-].[Cl-].[Cl-].[H-].[H-].[H-].[H-].[H-].[H-].[H-].[H-].[H-].[H-].[H-].[H-].[H-].[H-].[H-].[H-].[H-].[H-].[H-].[H-].[H-].[La+3].[La+3].[La+3].[La+3].[La+3].[La+3].[La+3].[La+3]. The van der Waals surface area contributed by atoms with Crippen molar-refractivity contribution >= 4 is 0 Å². The van der Waals surface area contributed by atoms with Crippen LogP contribution in [0.25, 0.3) is 0 Å². The van der Waals surface area contributed by atoms with Crippen molar-refractivity contribution in [1.82, 2.24) is 0 Å². The van der Waals surface area contributed by atoms with Crippen LogP contribution in [0.2, 0.25) is 0 Å². The van der Waals surface area contributed by atoms with Gasteiger partial charge >= 0.3 is 285 Å². The van der Waals surface area contributed by atoms with Crippen LogP contribution in [0.4, 0.5) is 0 Å². The smallest absolute Gasteiger partial charge is 1.00 e. The van der Waals surface area contributed by atoms with Crippen molar-refractivity contribution in [3.05, 3.63) is 0 Å². The first kappa shape index (κ1) is 82.2. The molecule has 0 fully saturated rings. The molecule has 0 saturated carbocycles. The van der Waals surface area contributed by atoms with Crippen LogP contribution >= 0.6 is 0 Å². The third-order valence-electron chi connectivity index (χ3n) is 0. The van der Waals surface area contributed by atoms with Crippen molar-refractivity contribution < 1.29 is 352 Å². The minimum absolute atomic E-state index is 0. The number of rotatable bonds is 0. The van der Waals surface area contributed by atoms with Gasteiger partial charge < -0.3 is 67.2 Å². The van der Waals surface area contributed by atoms with Gasteiger partial charge in [-0.15, -0.1) is 0 Å². The molecule has 0 heterocycles. The fourth-order valence-corrected chi connectivity index (χ4v) is 0. The second kappa shape index (κ2) is 70.9. The van der Waals surface area contributed by atoms with E-state index >= 15 is 0 Å². The van der Waals surface area contributed by atoms with Crippen LogP contribution in [0.1, 0.15) is 30.0 Å². The number of halogens is 3. The normalized spacial score (nSPS) is 0. The molecule has 0 spiro atoms. The Labute approximate surface area is 342 Å². The van der Waals surface area contributed by atoms with Crippen LogP contribution in [0.5, 0.6) is 0 Å². The van der Waals surface area contributed by atoms with E-state index in [0.717, 1.165) is 0 Å². The average Bonchev–Trinajstić information content (AvgIpc) is 0. The van der Waals surface area contributed by atoms with Crippen molar-refractivity contribution in [2.24, 2.45) is 0 Å². The van der Waals surface area contributed by atoms with Gasteiger partial charge in [-0.2, -0.15) is 0 Å². The van der Waals surface area contributed by atoms with Gasteiger partial charge in [-0.1, -0.05) is 0 Å². The zero-order valence-electron chi connectivity index (χ0n) is 26.8. The summed E-state index contributed by atoms with van der Waals surface area (Å²) in [5, 5.41) is 0. The summed E-state index contributed by atoms with van der Waals surface area (Å²) in [4.78, 5) is 0. The van der Waals surface area contributed by atoms with Gasteiger partial charge in [-0.05, 0) is 0 Å². The average molecular weight is 1240 g/mol. The van der Waals surface area contributed by atoms with Crippen LogP contribution in [-0.2, 0) is 0 Å². The summed E-state index contributed by atoms with van der Waals surface area (Å²) in [6, 6.07) is 0.